The van der Waals surface area contributed by atoms with Crippen LogP contribution in [0.15, 0.2) is 36.4 Å². The zero-order valence-electron chi connectivity index (χ0n) is 13.3. The van der Waals surface area contributed by atoms with Gasteiger partial charge in [-0.25, -0.2) is 0 Å². The topological polar surface area (TPSA) is 55.1 Å². The lowest BCUT2D eigenvalue weighted by molar-refractivity contribution is -0.117. The van der Waals surface area contributed by atoms with Crippen molar-refractivity contribution >= 4 is 11.6 Å². The Kier molecular flexibility index (Phi) is 3.75. The normalized spacial score (nSPS) is 18.0. The first-order valence-corrected chi connectivity index (χ1v) is 7.78. The maximum atomic E-state index is 12.1. The van der Waals surface area contributed by atoms with Crippen molar-refractivity contribution in [3.8, 4) is 0 Å². The van der Waals surface area contributed by atoms with Gasteiger partial charge in [0.15, 0.2) is 0 Å². The number of nitrogens with two attached hydrogens (primary N) is 1. The molecular weight excluding hydrogens is 272 g/mol. The fourth-order valence-corrected chi connectivity index (χ4v) is 3.28. The highest BCUT2D eigenvalue weighted by molar-refractivity contribution is 6.03. The molecule has 1 aliphatic rings. The number of amides is 1. The maximum Gasteiger partial charge on any atom is 0.232 e. The van der Waals surface area contributed by atoms with Gasteiger partial charge in [0.25, 0.3) is 0 Å². The van der Waals surface area contributed by atoms with Gasteiger partial charge in [0.1, 0.15) is 0 Å². The molecule has 3 nitrogen and oxygen atoms in total. The number of nitrogens with one attached hydrogen (secondary N) is 1. The molecule has 0 saturated heterocycles. The lowest BCUT2D eigenvalue weighted by atomic mass is 9.90. The van der Waals surface area contributed by atoms with Gasteiger partial charge in [-0.3, -0.25) is 4.79 Å². The summed E-state index contributed by atoms with van der Waals surface area (Å²) in [5.74, 6) is 0.0419. The van der Waals surface area contributed by atoms with Gasteiger partial charge in [-0.15, -0.1) is 0 Å². The molecule has 0 saturated carbocycles. The summed E-state index contributed by atoms with van der Waals surface area (Å²) in [6.07, 6.45) is 0.807. The number of carbonyl (C=O) groups excluding carboxylic acids is 1. The second-order valence-electron chi connectivity index (χ2n) is 6.14. The molecule has 0 aromatic heterocycles. The molecule has 1 aliphatic heterocycles. The SMILES string of the molecule is CCC1C(=O)Nc2c(C)cc(C(N)c3cccc(C)c3)cc21. The highest BCUT2D eigenvalue weighted by Crippen LogP contribution is 2.39. The Hall–Kier alpha value is -2.13. The molecule has 1 amide bonds. The molecule has 0 aliphatic carbocycles. The van der Waals surface area contributed by atoms with E-state index in [1.165, 1.54) is 5.56 Å². The first kappa shape index (κ1) is 14.8. The fourth-order valence-electron chi connectivity index (χ4n) is 3.28. The highest BCUT2D eigenvalue weighted by atomic mass is 16.2. The Labute approximate surface area is 131 Å². The van der Waals surface area contributed by atoms with Crippen molar-refractivity contribution in [1.29, 1.82) is 0 Å². The monoisotopic (exact) mass is 294 g/mol. The van der Waals surface area contributed by atoms with Gasteiger partial charge < -0.3 is 11.1 Å². The third kappa shape index (κ3) is 2.42. The molecule has 114 valence electrons. The predicted molar refractivity (Wildman–Crippen MR) is 90.1 cm³/mol. The lowest BCUT2D eigenvalue weighted by Crippen LogP contribution is -2.13. The van der Waals surface area contributed by atoms with E-state index in [4.69, 9.17) is 5.73 Å². The van der Waals surface area contributed by atoms with E-state index in [-0.39, 0.29) is 17.9 Å². The molecule has 2 aromatic rings. The van der Waals surface area contributed by atoms with Crippen LogP contribution in [-0.2, 0) is 4.79 Å². The second kappa shape index (κ2) is 5.58. The van der Waals surface area contributed by atoms with Crippen LogP contribution in [0.4, 0.5) is 5.69 Å². The maximum absolute atomic E-state index is 12.1. The van der Waals surface area contributed by atoms with Crippen LogP contribution in [0.5, 0.6) is 0 Å². The zero-order valence-corrected chi connectivity index (χ0v) is 13.3. The number of aryl methyl sites for hydroxylation is 2. The van der Waals surface area contributed by atoms with E-state index in [2.05, 4.69) is 42.6 Å². The van der Waals surface area contributed by atoms with Crippen LogP contribution in [0, 0.1) is 13.8 Å². The molecule has 0 radical (unpaired) electrons. The Morgan fingerprint density at radius 1 is 1.18 bits per heavy atom. The second-order valence-corrected chi connectivity index (χ2v) is 6.14. The number of hydrogen-bond acceptors (Lipinski definition) is 2. The minimum absolute atomic E-state index is 0.0571. The Morgan fingerprint density at radius 3 is 2.64 bits per heavy atom. The molecule has 0 spiro atoms. The van der Waals surface area contributed by atoms with E-state index in [1.54, 1.807) is 0 Å². The summed E-state index contributed by atoms with van der Waals surface area (Å²) in [6.45, 7) is 6.14. The van der Waals surface area contributed by atoms with E-state index < -0.39 is 0 Å². The van der Waals surface area contributed by atoms with Gasteiger partial charge >= 0.3 is 0 Å². The average molecular weight is 294 g/mol. The molecule has 22 heavy (non-hydrogen) atoms. The van der Waals surface area contributed by atoms with E-state index in [9.17, 15) is 4.79 Å². The van der Waals surface area contributed by atoms with E-state index >= 15 is 0 Å². The van der Waals surface area contributed by atoms with Crippen LogP contribution in [0.25, 0.3) is 0 Å². The molecular formula is C19H22N2O. The van der Waals surface area contributed by atoms with Crippen LogP contribution in [0.2, 0.25) is 0 Å². The molecule has 0 bridgehead atoms. The van der Waals surface area contributed by atoms with Crippen molar-refractivity contribution in [3.05, 3.63) is 64.2 Å². The summed E-state index contributed by atoms with van der Waals surface area (Å²) in [4.78, 5) is 12.1. The van der Waals surface area contributed by atoms with Gasteiger partial charge in [-0.2, -0.15) is 0 Å². The van der Waals surface area contributed by atoms with Crippen LogP contribution < -0.4 is 11.1 Å². The number of fused-ring (bicyclic) bond motifs is 1. The van der Waals surface area contributed by atoms with Crippen molar-refractivity contribution in [1.82, 2.24) is 0 Å². The van der Waals surface area contributed by atoms with Gasteiger partial charge in [0.2, 0.25) is 5.91 Å². The first-order valence-electron chi connectivity index (χ1n) is 7.78. The van der Waals surface area contributed by atoms with Gasteiger partial charge in [-0.05, 0) is 42.5 Å². The standard InChI is InChI=1S/C19H22N2O/c1-4-15-16-10-14(9-12(3)18(16)21-19(15)22)17(20)13-7-5-6-11(2)8-13/h5-10,15,17H,4,20H2,1-3H3,(H,21,22). The number of anilines is 1. The van der Waals surface area contributed by atoms with Crippen molar-refractivity contribution in [2.45, 2.75) is 39.2 Å². The average Bonchev–Trinajstić information content (AvgIpc) is 2.82. The first-order chi connectivity index (χ1) is 10.5. The fraction of sp³-hybridized carbons (Fsp3) is 0.316. The molecule has 2 aromatic carbocycles. The largest absolute Gasteiger partial charge is 0.325 e. The quantitative estimate of drug-likeness (QED) is 0.904. The van der Waals surface area contributed by atoms with Crippen LogP contribution in [-0.4, -0.2) is 5.91 Å². The summed E-state index contributed by atoms with van der Waals surface area (Å²) in [5, 5.41) is 3.00. The van der Waals surface area contributed by atoms with Crippen LogP contribution in [0.1, 0.15) is 53.1 Å². The summed E-state index contributed by atoms with van der Waals surface area (Å²) in [7, 11) is 0. The van der Waals surface area contributed by atoms with Gasteiger partial charge in [0, 0.05) is 5.69 Å². The third-order valence-electron chi connectivity index (χ3n) is 4.50. The van der Waals surface area contributed by atoms with E-state index in [1.807, 2.05) is 19.9 Å². The minimum atomic E-state index is -0.169. The number of rotatable bonds is 3. The van der Waals surface area contributed by atoms with Crippen molar-refractivity contribution in [2.75, 3.05) is 5.32 Å². The summed E-state index contributed by atoms with van der Waals surface area (Å²) < 4.78 is 0. The molecule has 3 rings (SSSR count). The van der Waals surface area contributed by atoms with Gasteiger partial charge in [-0.1, -0.05) is 48.9 Å². The van der Waals surface area contributed by atoms with Crippen molar-refractivity contribution < 1.29 is 4.79 Å². The summed E-state index contributed by atoms with van der Waals surface area (Å²) in [6, 6.07) is 12.3. The Bertz CT molecular complexity index is 736. The molecule has 3 heteroatoms. The lowest BCUT2D eigenvalue weighted by Gasteiger charge is -2.17. The van der Waals surface area contributed by atoms with Crippen LogP contribution >= 0.6 is 0 Å². The smallest absolute Gasteiger partial charge is 0.232 e. The minimum Gasteiger partial charge on any atom is -0.325 e. The number of carbonyl (C=O) groups is 1. The van der Waals surface area contributed by atoms with Crippen molar-refractivity contribution in [3.63, 3.8) is 0 Å². The highest BCUT2D eigenvalue weighted by Gasteiger charge is 2.31. The molecule has 1 heterocycles. The van der Waals surface area contributed by atoms with E-state index in [0.29, 0.717) is 0 Å². The number of benzene rings is 2. The number of hydrogen-bond donors (Lipinski definition) is 2. The molecule has 2 atom stereocenters. The van der Waals surface area contributed by atoms with Gasteiger partial charge in [0.05, 0.1) is 12.0 Å². The summed E-state index contributed by atoms with van der Waals surface area (Å²) in [5.41, 5.74) is 13.0. The zero-order chi connectivity index (χ0) is 15.9. The molecule has 3 N–H and O–H groups in total. The Morgan fingerprint density at radius 2 is 1.95 bits per heavy atom. The Balaban J connectivity index is 2.05. The van der Waals surface area contributed by atoms with E-state index in [0.717, 1.165) is 34.4 Å². The summed E-state index contributed by atoms with van der Waals surface area (Å²) >= 11 is 0. The van der Waals surface area contributed by atoms with Crippen LogP contribution in [0.3, 0.4) is 0 Å². The molecule has 0 fully saturated rings. The predicted octanol–water partition coefficient (Wildman–Crippen LogP) is 3.80. The van der Waals surface area contributed by atoms with Crippen molar-refractivity contribution in [2.24, 2.45) is 5.73 Å². The molecule has 2 unspecified atom stereocenters. The third-order valence-corrected chi connectivity index (χ3v) is 4.50.